The second kappa shape index (κ2) is 6.13. The zero-order valence-electron chi connectivity index (χ0n) is 12.5. The van der Waals surface area contributed by atoms with Gasteiger partial charge in [-0.2, -0.15) is 0 Å². The summed E-state index contributed by atoms with van der Waals surface area (Å²) < 4.78 is 0. The van der Waals surface area contributed by atoms with Crippen LogP contribution in [0.1, 0.15) is 48.5 Å². The van der Waals surface area contributed by atoms with Crippen molar-refractivity contribution in [3.05, 3.63) is 39.4 Å². The van der Waals surface area contributed by atoms with Crippen molar-refractivity contribution >= 4 is 17.6 Å². The van der Waals surface area contributed by atoms with Gasteiger partial charge < -0.3 is 10.0 Å². The Morgan fingerprint density at radius 3 is 2.64 bits per heavy atom. The Bertz CT molecular complexity index is 626. The predicted molar refractivity (Wildman–Crippen MR) is 78.9 cm³/mol. The van der Waals surface area contributed by atoms with E-state index in [1.54, 1.807) is 6.07 Å². The molecule has 0 aromatic heterocycles. The Morgan fingerprint density at radius 2 is 2.09 bits per heavy atom. The molecular formula is C15H18N2O5. The van der Waals surface area contributed by atoms with Gasteiger partial charge in [-0.25, -0.2) is 4.79 Å². The van der Waals surface area contributed by atoms with E-state index >= 15 is 0 Å². The van der Waals surface area contributed by atoms with Crippen LogP contribution in [0.5, 0.6) is 0 Å². The van der Waals surface area contributed by atoms with Gasteiger partial charge in [0.25, 0.3) is 11.6 Å². The van der Waals surface area contributed by atoms with Gasteiger partial charge in [-0.15, -0.1) is 0 Å². The second-order valence-corrected chi connectivity index (χ2v) is 5.68. The summed E-state index contributed by atoms with van der Waals surface area (Å²) in [5, 5.41) is 20.3. The molecule has 1 amide bonds. The monoisotopic (exact) mass is 306 g/mol. The SMILES string of the molecule is CC(C)c1ccc(C(=O)N2CCCC2C(=O)O)cc1[N+](=O)[O-]. The third kappa shape index (κ3) is 2.93. The molecule has 118 valence electrons. The molecule has 0 spiro atoms. The molecule has 1 atom stereocenters. The molecule has 2 rings (SSSR count). The second-order valence-electron chi connectivity index (χ2n) is 5.68. The first kappa shape index (κ1) is 15.9. The van der Waals surface area contributed by atoms with Crippen LogP contribution in [0, 0.1) is 10.1 Å². The molecule has 1 N–H and O–H groups in total. The Hall–Kier alpha value is -2.44. The molecule has 0 bridgehead atoms. The molecule has 1 aromatic rings. The van der Waals surface area contributed by atoms with Gasteiger partial charge in [-0.05, 0) is 24.8 Å². The number of nitro groups is 1. The van der Waals surface area contributed by atoms with Gasteiger partial charge in [0.15, 0.2) is 0 Å². The maximum Gasteiger partial charge on any atom is 0.326 e. The van der Waals surface area contributed by atoms with Gasteiger partial charge in [0.05, 0.1) is 4.92 Å². The summed E-state index contributed by atoms with van der Waals surface area (Å²) in [5.41, 5.74) is 0.605. The molecule has 1 heterocycles. The first-order valence-corrected chi connectivity index (χ1v) is 7.15. The molecule has 0 aliphatic carbocycles. The van der Waals surface area contributed by atoms with Crippen molar-refractivity contribution in [1.29, 1.82) is 0 Å². The van der Waals surface area contributed by atoms with Crippen LogP contribution in [0.3, 0.4) is 0 Å². The van der Waals surface area contributed by atoms with Crippen molar-refractivity contribution < 1.29 is 19.6 Å². The molecule has 1 aliphatic heterocycles. The molecule has 1 fully saturated rings. The van der Waals surface area contributed by atoms with Crippen molar-refractivity contribution in [3.8, 4) is 0 Å². The van der Waals surface area contributed by atoms with E-state index in [9.17, 15) is 19.7 Å². The Morgan fingerprint density at radius 1 is 1.41 bits per heavy atom. The van der Waals surface area contributed by atoms with Crippen molar-refractivity contribution in [2.24, 2.45) is 0 Å². The fourth-order valence-electron chi connectivity index (χ4n) is 2.76. The molecule has 1 aromatic carbocycles. The van der Waals surface area contributed by atoms with Crippen LogP contribution in [0.15, 0.2) is 18.2 Å². The summed E-state index contributed by atoms with van der Waals surface area (Å²) in [6.07, 6.45) is 1.03. The van der Waals surface area contributed by atoms with E-state index in [1.807, 2.05) is 13.8 Å². The third-order valence-electron chi connectivity index (χ3n) is 3.89. The zero-order chi connectivity index (χ0) is 16.4. The lowest BCUT2D eigenvalue weighted by Gasteiger charge is -2.21. The fourth-order valence-corrected chi connectivity index (χ4v) is 2.76. The smallest absolute Gasteiger partial charge is 0.326 e. The predicted octanol–water partition coefficient (Wildman–Crippen LogP) is 2.41. The van der Waals surface area contributed by atoms with E-state index in [-0.39, 0.29) is 17.2 Å². The van der Waals surface area contributed by atoms with Gasteiger partial charge >= 0.3 is 5.97 Å². The quantitative estimate of drug-likeness (QED) is 0.680. The van der Waals surface area contributed by atoms with Gasteiger partial charge in [0, 0.05) is 23.7 Å². The maximum absolute atomic E-state index is 12.5. The number of carbonyl (C=O) groups excluding carboxylic acids is 1. The molecule has 7 nitrogen and oxygen atoms in total. The average molecular weight is 306 g/mol. The number of hydrogen-bond acceptors (Lipinski definition) is 4. The number of aliphatic carboxylic acids is 1. The summed E-state index contributed by atoms with van der Waals surface area (Å²) in [6.45, 7) is 4.03. The largest absolute Gasteiger partial charge is 0.480 e. The van der Waals surface area contributed by atoms with Crippen LogP contribution < -0.4 is 0 Å². The highest BCUT2D eigenvalue weighted by Gasteiger charge is 2.35. The molecule has 22 heavy (non-hydrogen) atoms. The molecule has 7 heteroatoms. The number of hydrogen-bond donors (Lipinski definition) is 1. The third-order valence-corrected chi connectivity index (χ3v) is 3.89. The molecule has 1 saturated heterocycles. The Kier molecular flexibility index (Phi) is 4.44. The summed E-state index contributed by atoms with van der Waals surface area (Å²) >= 11 is 0. The first-order chi connectivity index (χ1) is 10.3. The van der Waals surface area contributed by atoms with Crippen LogP contribution in [0.2, 0.25) is 0 Å². The summed E-state index contributed by atoms with van der Waals surface area (Å²) in [5.74, 6) is -1.55. The summed E-state index contributed by atoms with van der Waals surface area (Å²) in [7, 11) is 0. The van der Waals surface area contributed by atoms with E-state index in [1.165, 1.54) is 17.0 Å². The highest BCUT2D eigenvalue weighted by atomic mass is 16.6. The van der Waals surface area contributed by atoms with Crippen LogP contribution in [-0.4, -0.2) is 39.4 Å². The standard InChI is InChI=1S/C15H18N2O5/c1-9(2)11-6-5-10(8-13(11)17(21)22)14(18)16-7-3-4-12(16)15(19)20/h5-6,8-9,12H,3-4,7H2,1-2H3,(H,19,20). The molecule has 1 unspecified atom stereocenters. The fraction of sp³-hybridized carbons (Fsp3) is 0.467. The van der Waals surface area contributed by atoms with E-state index in [2.05, 4.69) is 0 Å². The minimum Gasteiger partial charge on any atom is -0.480 e. The lowest BCUT2D eigenvalue weighted by Crippen LogP contribution is -2.40. The van der Waals surface area contributed by atoms with Gasteiger partial charge in [-0.1, -0.05) is 19.9 Å². The Balaban J connectivity index is 2.36. The number of nitro benzene ring substituents is 1. The number of carbonyl (C=O) groups is 2. The van der Waals surface area contributed by atoms with Crippen molar-refractivity contribution in [3.63, 3.8) is 0 Å². The van der Waals surface area contributed by atoms with Crippen molar-refractivity contribution in [2.45, 2.75) is 38.6 Å². The molecule has 1 aliphatic rings. The van der Waals surface area contributed by atoms with Gasteiger partial charge in [-0.3, -0.25) is 14.9 Å². The average Bonchev–Trinajstić information content (AvgIpc) is 2.95. The Labute approximate surface area is 127 Å². The van der Waals surface area contributed by atoms with Gasteiger partial charge in [0.2, 0.25) is 0 Å². The van der Waals surface area contributed by atoms with Crippen molar-refractivity contribution in [1.82, 2.24) is 4.90 Å². The van der Waals surface area contributed by atoms with E-state index < -0.39 is 22.8 Å². The first-order valence-electron chi connectivity index (χ1n) is 7.15. The number of amides is 1. The van der Waals surface area contributed by atoms with Crippen molar-refractivity contribution in [2.75, 3.05) is 6.54 Å². The number of nitrogens with zero attached hydrogens (tertiary/aromatic N) is 2. The molecule has 0 saturated carbocycles. The molecular weight excluding hydrogens is 288 g/mol. The normalized spacial score (nSPS) is 17.8. The zero-order valence-corrected chi connectivity index (χ0v) is 12.5. The summed E-state index contributed by atoms with van der Waals surface area (Å²) in [6, 6.07) is 3.50. The highest BCUT2D eigenvalue weighted by molar-refractivity contribution is 5.97. The van der Waals surface area contributed by atoms with E-state index in [4.69, 9.17) is 5.11 Å². The van der Waals surface area contributed by atoms with E-state index in [0.717, 1.165) is 0 Å². The lowest BCUT2D eigenvalue weighted by atomic mass is 9.99. The molecule has 0 radical (unpaired) electrons. The number of carboxylic acids is 1. The maximum atomic E-state index is 12.5. The minimum absolute atomic E-state index is 0.0388. The number of carboxylic acid groups (broad SMARTS) is 1. The number of rotatable bonds is 4. The lowest BCUT2D eigenvalue weighted by molar-refractivity contribution is -0.385. The van der Waals surface area contributed by atoms with Crippen LogP contribution in [0.25, 0.3) is 0 Å². The minimum atomic E-state index is -1.04. The van der Waals surface area contributed by atoms with Crippen LogP contribution in [-0.2, 0) is 4.79 Å². The van der Waals surface area contributed by atoms with E-state index in [0.29, 0.717) is 24.9 Å². The number of benzene rings is 1. The topological polar surface area (TPSA) is 101 Å². The highest BCUT2D eigenvalue weighted by Crippen LogP contribution is 2.29. The van der Waals surface area contributed by atoms with Crippen LogP contribution >= 0.6 is 0 Å². The summed E-state index contributed by atoms with van der Waals surface area (Å²) in [4.78, 5) is 35.6. The van der Waals surface area contributed by atoms with Crippen LogP contribution in [0.4, 0.5) is 5.69 Å². The van der Waals surface area contributed by atoms with Gasteiger partial charge in [0.1, 0.15) is 6.04 Å². The number of likely N-dealkylation sites (tertiary alicyclic amines) is 1.